The van der Waals surface area contributed by atoms with Gasteiger partial charge in [0.25, 0.3) is 11.4 Å². The number of esters is 2. The molecule has 12 rings (SSSR count). The van der Waals surface area contributed by atoms with Crippen LogP contribution in [0.4, 0.5) is 17.6 Å². The zero-order chi connectivity index (χ0) is 85.3. The Morgan fingerprint density at radius 2 is 0.777 bits per heavy atom. The maximum atomic E-state index is 15.4. The topological polar surface area (TPSA) is 187 Å². The Bertz CT molecular complexity index is 4420. The van der Waals surface area contributed by atoms with Gasteiger partial charge in [0.1, 0.15) is 47.9 Å². The molecule has 0 aliphatic heterocycles. The number of thiophene rings is 4. The molecule has 0 amide bonds. The summed E-state index contributed by atoms with van der Waals surface area (Å²) >= 11 is 6.69. The first kappa shape index (κ1) is 93.0. The number of nitrogens with zero attached hydrogens (tertiary/aromatic N) is 6. The monoisotopic (exact) mass is 1750 g/mol. The molecule has 14 unspecified atom stereocenters. The fourth-order valence-electron chi connectivity index (χ4n) is 19.8. The third-order valence-corrected chi connectivity index (χ3v) is 31.7. The van der Waals surface area contributed by atoms with E-state index in [-0.39, 0.29) is 83.1 Å². The minimum atomic E-state index is -1.85. The highest BCUT2D eigenvalue weighted by molar-refractivity contribution is 7.30. The van der Waals surface area contributed by atoms with Crippen molar-refractivity contribution < 1.29 is 55.7 Å². The minimum absolute atomic E-state index is 0.116. The van der Waals surface area contributed by atoms with Crippen LogP contribution in [-0.4, -0.2) is 82.4 Å². The summed E-state index contributed by atoms with van der Waals surface area (Å²) in [6, 6.07) is 11.9. The van der Waals surface area contributed by atoms with E-state index in [1.165, 1.54) is 174 Å². The molecule has 0 saturated heterocycles. The number of rotatable bonds is 46. The summed E-state index contributed by atoms with van der Waals surface area (Å²) in [5.74, 6) is -5.15. The molecule has 14 atom stereocenters. The van der Waals surface area contributed by atoms with E-state index in [0.29, 0.717) is 82.3 Å². The second kappa shape index (κ2) is 46.7. The van der Waals surface area contributed by atoms with E-state index in [1.54, 1.807) is 12.2 Å². The Morgan fingerprint density at radius 3 is 1.10 bits per heavy atom. The number of benzene rings is 1. The van der Waals surface area contributed by atoms with Gasteiger partial charge in [0, 0.05) is 61.3 Å². The summed E-state index contributed by atoms with van der Waals surface area (Å²) in [6.45, 7) is 25.5. The van der Waals surface area contributed by atoms with E-state index in [4.69, 9.17) is 40.8 Å². The van der Waals surface area contributed by atoms with Crippen LogP contribution in [0.5, 0.6) is 11.5 Å². The molecule has 6 aliphatic carbocycles. The van der Waals surface area contributed by atoms with E-state index in [1.807, 2.05) is 36.4 Å². The summed E-state index contributed by atoms with van der Waals surface area (Å²) in [6.07, 6.45) is 35.7. The number of nitriles is 2. The molecule has 5 aromatic heterocycles. The van der Waals surface area contributed by atoms with Crippen molar-refractivity contribution in [3.05, 3.63) is 90.5 Å². The predicted molar refractivity (Wildman–Crippen MR) is 483 cm³/mol. The number of hydrogen-bond acceptors (Lipinski definition) is 17. The minimum Gasteiger partial charge on any atom is -0.485 e. The average molecular weight is 1750 g/mol. The number of Topliss-reactive ketones (excluding diaryl/α,β-unsaturated/α-hetero) is 2. The number of unbranched alkanes of at least 4 members (excludes halogenated alkanes) is 24. The van der Waals surface area contributed by atoms with E-state index >= 15 is 27.2 Å². The first-order valence-corrected chi connectivity index (χ1v) is 50.2. The van der Waals surface area contributed by atoms with Gasteiger partial charge in [-0.1, -0.05) is 220 Å². The number of carbonyl (C=O) groups excluding carboxylic acids is 4. The zero-order valence-corrected chi connectivity index (χ0v) is 75.7. The van der Waals surface area contributed by atoms with Crippen molar-refractivity contribution in [3.63, 3.8) is 0 Å². The van der Waals surface area contributed by atoms with E-state index in [2.05, 4.69) is 37.4 Å². The molecule has 6 aliphatic rings. The lowest BCUT2D eigenvalue weighted by atomic mass is 9.77. The third-order valence-electron chi connectivity index (χ3n) is 26.6. The van der Waals surface area contributed by atoms with Crippen LogP contribution < -0.4 is 9.47 Å². The smallest absolute Gasteiger partial charge is 0.312 e. The molecular formula is C98H124F4N6O8S5. The van der Waals surface area contributed by atoms with Gasteiger partial charge in [-0.2, -0.15) is 8.75 Å². The SMILES string of the molecule is [C-]#[N+]/C(C#N)=C1\C(=C\c2cc3sc(-c4c(OC5CCCCC5C(=O)OCC(CCCCCCCC)CCCCCCCCCC)c(OC5CCCCC5C(=O)OCC(CCCCCCCC)CCCCCCCCCC)c(-c5cc6sc(/C=C7\C(=O)C8CC(F)C(F)CC8\C7=C(\C#N)[N+]#[C-])cc6s5)c5nsnc45)cc3s2)C(=O)C2CC(F)C(F)CC12. The van der Waals surface area contributed by atoms with Crippen molar-refractivity contribution in [2.75, 3.05) is 13.2 Å². The summed E-state index contributed by atoms with van der Waals surface area (Å²) < 4.78 is 103. The molecule has 0 radical (unpaired) electrons. The van der Waals surface area contributed by atoms with E-state index < -0.39 is 84.0 Å². The molecule has 6 saturated carbocycles. The van der Waals surface area contributed by atoms with Crippen LogP contribution >= 0.6 is 57.1 Å². The van der Waals surface area contributed by atoms with Crippen molar-refractivity contribution >= 4 is 123 Å². The number of aromatic nitrogens is 2. The van der Waals surface area contributed by atoms with Crippen LogP contribution in [-0.2, 0) is 28.7 Å². The van der Waals surface area contributed by atoms with Crippen molar-refractivity contribution in [2.45, 2.75) is 347 Å². The summed E-state index contributed by atoms with van der Waals surface area (Å²) in [5, 5.41) is 20.5. The summed E-state index contributed by atoms with van der Waals surface area (Å²) in [7, 11) is 0. The highest BCUT2D eigenvalue weighted by atomic mass is 32.1. The summed E-state index contributed by atoms with van der Waals surface area (Å²) in [4.78, 5) is 69.3. The van der Waals surface area contributed by atoms with Crippen molar-refractivity contribution in [2.24, 2.45) is 47.3 Å². The molecule has 6 fully saturated rings. The molecule has 23 heteroatoms. The third kappa shape index (κ3) is 23.5. The number of carbonyl (C=O) groups is 4. The maximum Gasteiger partial charge on any atom is 0.312 e. The highest BCUT2D eigenvalue weighted by Crippen LogP contribution is 2.58. The largest absolute Gasteiger partial charge is 0.485 e. The lowest BCUT2D eigenvalue weighted by Gasteiger charge is -2.35. The zero-order valence-electron chi connectivity index (χ0n) is 71.6. The Labute approximate surface area is 735 Å². The molecule has 0 spiro atoms. The van der Waals surface area contributed by atoms with E-state index in [9.17, 15) is 20.1 Å². The van der Waals surface area contributed by atoms with Crippen LogP contribution in [0.1, 0.15) is 320 Å². The fraction of sp³-hybridized carbons (Fsp3) is 0.653. The molecule has 0 bridgehead atoms. The van der Waals surface area contributed by atoms with Gasteiger partial charge < -0.3 is 18.9 Å². The molecule has 652 valence electrons. The quantitative estimate of drug-likeness (QED) is 0.00880. The van der Waals surface area contributed by atoms with Gasteiger partial charge in [-0.25, -0.2) is 37.8 Å². The van der Waals surface area contributed by atoms with Crippen molar-refractivity contribution in [1.82, 2.24) is 8.75 Å². The first-order valence-electron chi connectivity index (χ1n) is 46.2. The Hall–Kier alpha value is -7.12. The Balaban J connectivity index is 0.960. The van der Waals surface area contributed by atoms with Crippen LogP contribution in [0.25, 0.3) is 72.6 Å². The van der Waals surface area contributed by atoms with Crippen molar-refractivity contribution in [3.8, 4) is 44.5 Å². The summed E-state index contributed by atoms with van der Waals surface area (Å²) in [5.41, 5.74) is 2.06. The van der Waals surface area contributed by atoms with Gasteiger partial charge in [-0.05, 0) is 161 Å². The van der Waals surface area contributed by atoms with Gasteiger partial charge in [0.15, 0.2) is 23.1 Å². The van der Waals surface area contributed by atoms with Crippen LogP contribution in [0.3, 0.4) is 0 Å². The van der Waals surface area contributed by atoms with Crippen LogP contribution in [0.2, 0.25) is 0 Å². The number of hydrogen-bond donors (Lipinski definition) is 0. The lowest BCUT2D eigenvalue weighted by molar-refractivity contribution is -0.156. The van der Waals surface area contributed by atoms with Crippen molar-refractivity contribution in [1.29, 1.82) is 10.5 Å². The number of ketones is 2. The molecule has 14 nitrogen and oxygen atoms in total. The maximum absolute atomic E-state index is 15.4. The van der Waals surface area contributed by atoms with Gasteiger partial charge >= 0.3 is 11.9 Å². The normalized spacial score (nSPS) is 25.0. The number of halogens is 4. The molecular weight excluding hydrogens is 1630 g/mol. The number of fused-ring (bicyclic) bond motifs is 5. The number of ether oxygens (including phenoxy) is 4. The van der Waals surface area contributed by atoms with Gasteiger partial charge in [-0.15, -0.1) is 45.3 Å². The first-order chi connectivity index (χ1) is 59.0. The van der Waals surface area contributed by atoms with Gasteiger partial charge in [-0.3, -0.25) is 19.2 Å². The molecule has 6 aromatic rings. The van der Waals surface area contributed by atoms with Gasteiger partial charge in [0.05, 0.1) is 73.2 Å². The molecule has 0 N–H and O–H groups in total. The molecule has 1 aromatic carbocycles. The Kier molecular flexibility index (Phi) is 35.9. The average Bonchev–Trinajstić information content (AvgIpc) is 1.63. The second-order valence-corrected chi connectivity index (χ2v) is 40.2. The number of alkyl halides is 4. The lowest BCUT2D eigenvalue weighted by Crippen LogP contribution is -2.39. The fourth-order valence-corrected chi connectivity index (χ4v) is 25.2. The van der Waals surface area contributed by atoms with E-state index in [0.717, 1.165) is 143 Å². The number of allylic oxidation sites excluding steroid dienone is 6. The highest BCUT2D eigenvalue weighted by Gasteiger charge is 2.52. The van der Waals surface area contributed by atoms with Gasteiger partial charge in [0.2, 0.25) is 0 Å². The Morgan fingerprint density at radius 1 is 0.463 bits per heavy atom. The molecule has 5 heterocycles. The standard InChI is InChI=1S/C98H124F4N6O8S5/c1-7-11-15-19-23-25-29-33-41-61(39-31-27-21-17-13-9-3)59-113-97(111)65-43-35-37-45-79(65)115-95-89(85-55-83-81(119-85)49-63(117-83)47-71-87(77(57-103)105-5)67-51-73(99)75(101)53-69(67)93(71)109)91-92(108-121-107-91)90(86-56-84-82(120-86)50-64(118-84)48-72-88(78(58-104)106-6)68-52-74(100)76(102)54-70(68)94(72)110)96(95)116-80-46-38-36-44-66(80)98(112)114-60-62(40-32-28-22-18-14-10-4)42-34-30-26-24-20-16-12-8-2/h47-50,55-56,61-62,65-70,73-76,79-80H,7-46,51-54,59-60H2,1-4H3/b71-47-,72-48-,87-77-,88-78+. The van der Waals surface area contributed by atoms with Crippen LogP contribution in [0, 0.1) is 83.1 Å². The van der Waals surface area contributed by atoms with Crippen LogP contribution in [0.15, 0.2) is 58.0 Å². The second-order valence-electron chi connectivity index (χ2n) is 35.3. The predicted octanol–water partition coefficient (Wildman–Crippen LogP) is 29.1. The molecule has 121 heavy (non-hydrogen) atoms.